The highest BCUT2D eigenvalue weighted by Gasteiger charge is 2.24. The molecule has 2 rings (SSSR count). The summed E-state index contributed by atoms with van der Waals surface area (Å²) >= 11 is 0. The van der Waals surface area contributed by atoms with Crippen LogP contribution in [0.4, 0.5) is 0 Å². The van der Waals surface area contributed by atoms with Crippen molar-refractivity contribution in [3.8, 4) is 5.75 Å². The summed E-state index contributed by atoms with van der Waals surface area (Å²) in [7, 11) is 1.28. The zero-order chi connectivity index (χ0) is 17.1. The van der Waals surface area contributed by atoms with Crippen molar-refractivity contribution in [2.45, 2.75) is 26.8 Å². The molecule has 6 nitrogen and oxygen atoms in total. The van der Waals surface area contributed by atoms with Gasteiger partial charge < -0.3 is 14.3 Å². The lowest BCUT2D eigenvalue weighted by Crippen LogP contribution is -2.28. The van der Waals surface area contributed by atoms with Gasteiger partial charge in [0.15, 0.2) is 0 Å². The smallest absolute Gasteiger partial charge is 0.349 e. The van der Waals surface area contributed by atoms with Crippen LogP contribution < -0.4 is 5.63 Å². The van der Waals surface area contributed by atoms with E-state index in [1.54, 1.807) is 31.2 Å². The Balaban J connectivity index is 2.60. The second-order valence-electron chi connectivity index (χ2n) is 5.54. The van der Waals surface area contributed by atoms with Crippen LogP contribution in [0.15, 0.2) is 38.5 Å². The number of hydrogen-bond donors (Lipinski definition) is 1. The summed E-state index contributed by atoms with van der Waals surface area (Å²) in [4.78, 5) is 28.2. The number of ether oxygens (including phenoxy) is 1. The van der Waals surface area contributed by atoms with Gasteiger partial charge in [0, 0.05) is 0 Å². The molecule has 1 atom stereocenters. The van der Waals surface area contributed by atoms with Crippen molar-refractivity contribution in [2.24, 2.45) is 10.9 Å². The average Bonchev–Trinajstić information content (AvgIpc) is 2.51. The first kappa shape index (κ1) is 16.7. The highest BCUT2D eigenvalue weighted by Crippen LogP contribution is 2.26. The Bertz CT molecular complexity index is 819. The Labute approximate surface area is 133 Å². The maximum atomic E-state index is 12.2. The van der Waals surface area contributed by atoms with Crippen LogP contribution >= 0.6 is 0 Å². The minimum absolute atomic E-state index is 0.0433. The summed E-state index contributed by atoms with van der Waals surface area (Å²) in [6.07, 6.45) is 0. The van der Waals surface area contributed by atoms with Gasteiger partial charge >= 0.3 is 11.6 Å². The zero-order valence-corrected chi connectivity index (χ0v) is 13.5. The van der Waals surface area contributed by atoms with Crippen LogP contribution in [0.1, 0.15) is 26.3 Å². The van der Waals surface area contributed by atoms with Gasteiger partial charge in [-0.05, 0) is 25.0 Å². The maximum Gasteiger partial charge on any atom is 0.349 e. The Morgan fingerprint density at radius 1 is 1.30 bits per heavy atom. The highest BCUT2D eigenvalue weighted by atomic mass is 16.5. The molecule has 122 valence electrons. The number of aliphatic imine (C=N–C) groups is 1. The number of benzene rings is 1. The number of fused-ring (bicyclic) bond motifs is 1. The van der Waals surface area contributed by atoms with Crippen LogP contribution in [-0.4, -0.2) is 29.9 Å². The SMILES string of the molecule is COC(=O)C(N=C(C)c1c(O)c2ccccc2oc1=O)C(C)C. The molecule has 0 aliphatic carbocycles. The molecule has 0 fully saturated rings. The van der Waals surface area contributed by atoms with Crippen molar-refractivity contribution in [3.05, 3.63) is 40.2 Å². The normalized spacial score (nSPS) is 13.3. The van der Waals surface area contributed by atoms with E-state index in [0.717, 1.165) is 0 Å². The summed E-state index contributed by atoms with van der Waals surface area (Å²) in [5, 5.41) is 10.8. The number of nitrogens with zero attached hydrogens (tertiary/aromatic N) is 1. The van der Waals surface area contributed by atoms with E-state index >= 15 is 0 Å². The van der Waals surface area contributed by atoms with E-state index in [2.05, 4.69) is 4.99 Å². The molecule has 0 spiro atoms. The predicted molar refractivity (Wildman–Crippen MR) is 87.0 cm³/mol. The van der Waals surface area contributed by atoms with Gasteiger partial charge in [0.25, 0.3) is 0 Å². The Morgan fingerprint density at radius 3 is 2.57 bits per heavy atom. The molecule has 0 bridgehead atoms. The van der Waals surface area contributed by atoms with E-state index in [4.69, 9.17) is 9.15 Å². The molecule has 0 aliphatic rings. The van der Waals surface area contributed by atoms with Gasteiger partial charge in [0.2, 0.25) is 0 Å². The quantitative estimate of drug-likeness (QED) is 0.531. The molecule has 1 aromatic heterocycles. The van der Waals surface area contributed by atoms with E-state index in [0.29, 0.717) is 11.0 Å². The highest BCUT2D eigenvalue weighted by molar-refractivity contribution is 6.05. The van der Waals surface area contributed by atoms with Crippen molar-refractivity contribution in [2.75, 3.05) is 7.11 Å². The number of carbonyl (C=O) groups is 1. The monoisotopic (exact) mass is 317 g/mol. The van der Waals surface area contributed by atoms with Crippen molar-refractivity contribution < 1.29 is 19.1 Å². The van der Waals surface area contributed by atoms with Crippen LogP contribution in [0.2, 0.25) is 0 Å². The number of hydrogen-bond acceptors (Lipinski definition) is 6. The molecule has 1 N–H and O–H groups in total. The van der Waals surface area contributed by atoms with Crippen LogP contribution in [0.3, 0.4) is 0 Å². The van der Waals surface area contributed by atoms with Crippen LogP contribution in [-0.2, 0) is 9.53 Å². The van der Waals surface area contributed by atoms with Crippen molar-refractivity contribution >= 4 is 22.7 Å². The molecule has 6 heteroatoms. The molecule has 0 radical (unpaired) electrons. The summed E-state index contributed by atoms with van der Waals surface area (Å²) in [5.74, 6) is -0.818. The molecule has 0 aliphatic heterocycles. The zero-order valence-electron chi connectivity index (χ0n) is 13.5. The molecule has 2 aromatic rings. The fourth-order valence-corrected chi connectivity index (χ4v) is 2.32. The molecule has 0 saturated heterocycles. The van der Waals surface area contributed by atoms with Gasteiger partial charge in [0.1, 0.15) is 22.9 Å². The first-order valence-electron chi connectivity index (χ1n) is 7.24. The fraction of sp³-hybridized carbons (Fsp3) is 0.353. The molecular weight excluding hydrogens is 298 g/mol. The molecule has 0 amide bonds. The summed E-state index contributed by atoms with van der Waals surface area (Å²) in [6, 6.07) is 5.91. The van der Waals surface area contributed by atoms with E-state index in [-0.39, 0.29) is 22.9 Å². The van der Waals surface area contributed by atoms with Gasteiger partial charge in [-0.15, -0.1) is 0 Å². The minimum Gasteiger partial charge on any atom is -0.506 e. The molecule has 0 saturated carbocycles. The average molecular weight is 317 g/mol. The number of rotatable bonds is 4. The first-order chi connectivity index (χ1) is 10.9. The Kier molecular flexibility index (Phi) is 4.83. The van der Waals surface area contributed by atoms with Crippen molar-refractivity contribution in [1.82, 2.24) is 0 Å². The van der Waals surface area contributed by atoms with Crippen LogP contribution in [0.5, 0.6) is 5.75 Å². The number of methoxy groups -OCH3 is 1. The molecular formula is C17H19NO5. The third-order valence-electron chi connectivity index (χ3n) is 3.55. The minimum atomic E-state index is -0.759. The van der Waals surface area contributed by atoms with Crippen LogP contribution in [0, 0.1) is 5.92 Å². The number of aromatic hydroxyl groups is 1. The predicted octanol–water partition coefficient (Wildman–Crippen LogP) is 2.51. The van der Waals surface area contributed by atoms with E-state index < -0.39 is 17.6 Å². The van der Waals surface area contributed by atoms with Crippen molar-refractivity contribution in [1.29, 1.82) is 0 Å². The van der Waals surface area contributed by atoms with Crippen molar-refractivity contribution in [3.63, 3.8) is 0 Å². The summed E-state index contributed by atoms with van der Waals surface area (Å²) in [5.41, 5.74) is -0.223. The van der Waals surface area contributed by atoms with E-state index in [1.807, 2.05) is 13.8 Å². The molecule has 1 unspecified atom stereocenters. The van der Waals surface area contributed by atoms with Gasteiger partial charge in [-0.3, -0.25) is 4.99 Å². The van der Waals surface area contributed by atoms with Gasteiger partial charge in [-0.1, -0.05) is 26.0 Å². The lowest BCUT2D eigenvalue weighted by atomic mass is 10.0. The van der Waals surface area contributed by atoms with E-state index in [9.17, 15) is 14.7 Å². The molecule has 1 heterocycles. The summed E-state index contributed by atoms with van der Waals surface area (Å²) in [6.45, 7) is 5.20. The van der Waals surface area contributed by atoms with Crippen LogP contribution in [0.25, 0.3) is 11.0 Å². The van der Waals surface area contributed by atoms with Gasteiger partial charge in [0.05, 0.1) is 18.2 Å². The molecule has 1 aromatic carbocycles. The lowest BCUT2D eigenvalue weighted by molar-refractivity contribution is -0.143. The topological polar surface area (TPSA) is 89.1 Å². The maximum absolute atomic E-state index is 12.2. The fourth-order valence-electron chi connectivity index (χ4n) is 2.32. The Hall–Kier alpha value is -2.63. The number of para-hydroxylation sites is 1. The third-order valence-corrected chi connectivity index (χ3v) is 3.55. The second-order valence-corrected chi connectivity index (χ2v) is 5.54. The van der Waals surface area contributed by atoms with Gasteiger partial charge in [-0.25, -0.2) is 9.59 Å². The van der Waals surface area contributed by atoms with Gasteiger partial charge in [-0.2, -0.15) is 0 Å². The number of carbonyl (C=O) groups excluding carboxylic acids is 1. The standard InChI is InChI=1S/C17H19NO5/c1-9(2)14(17(21)22-4)18-10(3)13-15(19)11-7-5-6-8-12(11)23-16(13)20/h5-9,14,19H,1-4H3. The lowest BCUT2D eigenvalue weighted by Gasteiger charge is -2.15. The number of esters is 1. The Morgan fingerprint density at radius 2 is 1.96 bits per heavy atom. The third kappa shape index (κ3) is 3.26. The van der Waals surface area contributed by atoms with E-state index in [1.165, 1.54) is 7.11 Å². The molecule has 23 heavy (non-hydrogen) atoms. The second kappa shape index (κ2) is 6.64. The summed E-state index contributed by atoms with van der Waals surface area (Å²) < 4.78 is 9.94. The first-order valence-corrected chi connectivity index (χ1v) is 7.24. The largest absolute Gasteiger partial charge is 0.506 e.